The Bertz CT molecular complexity index is 2890. The number of aliphatic imine (C=N–C) groups is 1. The van der Waals surface area contributed by atoms with Crippen LogP contribution >= 0.6 is 12.2 Å². The molecule has 0 saturated carbocycles. The van der Waals surface area contributed by atoms with Crippen molar-refractivity contribution >= 4 is 69.3 Å². The predicted molar refractivity (Wildman–Crippen MR) is 233 cm³/mol. The summed E-state index contributed by atoms with van der Waals surface area (Å²) in [4.78, 5) is 63.4. The number of halogens is 5. The number of nitrogens with one attached hydrogen (secondary N) is 3. The van der Waals surface area contributed by atoms with E-state index >= 15 is 4.39 Å². The molecule has 5 aromatic rings. The lowest BCUT2D eigenvalue weighted by Crippen LogP contribution is -2.44. The number of hydrogen-bond donors (Lipinski definition) is 3. The third-order valence-corrected chi connectivity index (χ3v) is 11.9. The van der Waals surface area contributed by atoms with Crippen LogP contribution in [0, 0.1) is 23.0 Å². The van der Waals surface area contributed by atoms with E-state index in [4.69, 9.17) is 12.2 Å². The maximum atomic E-state index is 15.5. The third-order valence-electron chi connectivity index (χ3n) is 11.5. The summed E-state index contributed by atoms with van der Waals surface area (Å²) in [6.45, 7) is 2.93. The minimum atomic E-state index is -4.88. The SMILES string of the molecule is Cn1ncnc1[C@H]1C2=NCC(=O)c3cc(F)cc(c32)N[C@@H]1c1ccc(NC(=O)CCCCNC(=O)c2ccc(N3C(=S)N(c4ccc(C#N)c(C(F)(F)F)c4)C(=O)C3(C)C)cc2F)cc1. The van der Waals surface area contributed by atoms with Crippen LogP contribution in [0.3, 0.4) is 0 Å². The second-order valence-corrected chi connectivity index (χ2v) is 16.4. The van der Waals surface area contributed by atoms with Crippen molar-refractivity contribution in [1.82, 2.24) is 20.1 Å². The maximum absolute atomic E-state index is 15.5. The lowest BCUT2D eigenvalue weighted by molar-refractivity contribution is -0.137. The Morgan fingerprint density at radius 1 is 1.00 bits per heavy atom. The first kappa shape index (κ1) is 44.2. The molecule has 1 saturated heterocycles. The Hall–Kier alpha value is -7.40. The van der Waals surface area contributed by atoms with E-state index in [1.807, 2.05) is 12.1 Å². The maximum Gasteiger partial charge on any atom is 0.417 e. The van der Waals surface area contributed by atoms with Gasteiger partial charge in [-0.3, -0.25) is 33.8 Å². The van der Waals surface area contributed by atoms with Crippen LogP contribution in [0.15, 0.2) is 84.1 Å². The molecule has 20 heteroatoms. The number of nitriles is 1. The highest BCUT2D eigenvalue weighted by molar-refractivity contribution is 7.81. The van der Waals surface area contributed by atoms with E-state index in [1.54, 1.807) is 23.9 Å². The number of thiocarbonyl (C=S) groups is 1. The number of nitrogens with zero attached hydrogens (tertiary/aromatic N) is 7. The first-order chi connectivity index (χ1) is 30.9. The highest BCUT2D eigenvalue weighted by Crippen LogP contribution is 2.45. The second kappa shape index (κ2) is 17.0. The van der Waals surface area contributed by atoms with Crippen LogP contribution in [0.2, 0.25) is 0 Å². The van der Waals surface area contributed by atoms with Gasteiger partial charge in [0.2, 0.25) is 5.91 Å². The predicted octanol–water partition coefficient (Wildman–Crippen LogP) is 7.38. The molecule has 3 amide bonds. The molecule has 1 fully saturated rings. The van der Waals surface area contributed by atoms with Crippen LogP contribution in [0.5, 0.6) is 0 Å². The average Bonchev–Trinajstić information content (AvgIpc) is 3.76. The Morgan fingerprint density at radius 2 is 1.74 bits per heavy atom. The lowest BCUT2D eigenvalue weighted by Gasteiger charge is -2.37. The monoisotopic (exact) mass is 908 g/mol. The van der Waals surface area contributed by atoms with Crippen molar-refractivity contribution in [2.75, 3.05) is 33.5 Å². The Morgan fingerprint density at radius 3 is 2.42 bits per heavy atom. The molecule has 0 radical (unpaired) electrons. The molecular formula is C45H37F5N10O4S. The summed E-state index contributed by atoms with van der Waals surface area (Å²) in [6.07, 6.45) is -2.58. The molecule has 0 bridgehead atoms. The summed E-state index contributed by atoms with van der Waals surface area (Å²) < 4.78 is 73.0. The summed E-state index contributed by atoms with van der Waals surface area (Å²) in [5.41, 5.74) is -0.668. The molecular weight excluding hydrogens is 872 g/mol. The van der Waals surface area contributed by atoms with Gasteiger partial charge in [-0.05, 0) is 105 Å². The number of ketones is 1. The van der Waals surface area contributed by atoms with E-state index in [2.05, 4.69) is 31.0 Å². The van der Waals surface area contributed by atoms with Gasteiger partial charge in [0.05, 0.1) is 46.1 Å². The number of benzene rings is 4. The molecule has 332 valence electrons. The molecule has 8 rings (SSSR count). The first-order valence-corrected chi connectivity index (χ1v) is 20.6. The summed E-state index contributed by atoms with van der Waals surface area (Å²) >= 11 is 5.52. The van der Waals surface area contributed by atoms with Gasteiger partial charge in [-0.2, -0.15) is 23.5 Å². The molecule has 0 aliphatic carbocycles. The summed E-state index contributed by atoms with van der Waals surface area (Å²) in [5.74, 6) is -3.37. The van der Waals surface area contributed by atoms with Gasteiger partial charge in [0.15, 0.2) is 10.9 Å². The molecule has 3 aliphatic rings. The smallest absolute Gasteiger partial charge is 0.376 e. The number of anilines is 4. The lowest BCUT2D eigenvalue weighted by atomic mass is 9.78. The second-order valence-electron chi connectivity index (χ2n) is 16.0. The molecule has 1 aromatic heterocycles. The highest BCUT2D eigenvalue weighted by atomic mass is 32.1. The van der Waals surface area contributed by atoms with Crippen LogP contribution in [-0.2, 0) is 22.8 Å². The van der Waals surface area contributed by atoms with Crippen LogP contribution < -0.4 is 25.8 Å². The molecule has 3 N–H and O–H groups in total. The number of rotatable bonds is 11. The van der Waals surface area contributed by atoms with Crippen molar-refractivity contribution in [1.29, 1.82) is 5.26 Å². The highest BCUT2D eigenvalue weighted by Gasteiger charge is 2.51. The van der Waals surface area contributed by atoms with Gasteiger partial charge in [0.1, 0.15) is 35.9 Å². The quantitative estimate of drug-likeness (QED) is 0.0689. The van der Waals surface area contributed by atoms with Crippen molar-refractivity contribution in [3.05, 3.63) is 130 Å². The van der Waals surface area contributed by atoms with Gasteiger partial charge >= 0.3 is 6.18 Å². The van der Waals surface area contributed by atoms with E-state index in [9.17, 15) is 42.0 Å². The van der Waals surface area contributed by atoms with Crippen molar-refractivity contribution < 1.29 is 41.1 Å². The van der Waals surface area contributed by atoms with Gasteiger partial charge in [0, 0.05) is 48.2 Å². The standard InChI is InChI=1S/C45H37F5N10O4S/c1-44(2)42(64)59(27-12-9-24(20-51)31(18-27)45(48,49)50)43(65)60(44)28-13-14-29(32(47)19-28)41(63)52-15-5-4-6-35(62)56-26-10-7-23(8-11-26)38-37(40-54-22-55-58(40)3)39-36-30(34(61)21-53-39)16-25(46)17-33(36)57-38/h7-14,16-19,22,37-38,57H,4-6,15,21H2,1-3H3,(H,52,63)(H,56,62)/t37-,38-/m1/s1. The van der Waals surface area contributed by atoms with E-state index < -0.39 is 58.3 Å². The summed E-state index contributed by atoms with van der Waals surface area (Å²) in [6, 6.07) is 17.0. The molecule has 3 aliphatic heterocycles. The van der Waals surface area contributed by atoms with E-state index in [1.165, 1.54) is 61.5 Å². The van der Waals surface area contributed by atoms with Crippen molar-refractivity contribution in [3.63, 3.8) is 0 Å². The van der Waals surface area contributed by atoms with Crippen LogP contribution in [0.1, 0.15) is 93.9 Å². The normalized spacial score (nSPS) is 17.6. The fourth-order valence-electron chi connectivity index (χ4n) is 8.33. The fraction of sp³-hybridized carbons (Fsp3) is 0.267. The zero-order chi connectivity index (χ0) is 46.5. The number of hydrogen-bond acceptors (Lipinski definition) is 10. The van der Waals surface area contributed by atoms with Crippen molar-refractivity contribution in [2.24, 2.45) is 12.0 Å². The molecule has 65 heavy (non-hydrogen) atoms. The van der Waals surface area contributed by atoms with E-state index in [-0.39, 0.29) is 58.8 Å². The van der Waals surface area contributed by atoms with Gasteiger partial charge < -0.3 is 20.9 Å². The van der Waals surface area contributed by atoms with Gasteiger partial charge in [-0.15, -0.1) is 0 Å². The molecule has 4 aromatic carbocycles. The number of aromatic nitrogens is 3. The molecule has 2 atom stereocenters. The van der Waals surface area contributed by atoms with Gasteiger partial charge in [-0.1, -0.05) is 12.1 Å². The Labute approximate surface area is 373 Å². The number of Topliss-reactive ketones (excluding diaryl/α,β-unsaturated/α-hetero) is 1. The number of alkyl halides is 3. The number of amides is 3. The minimum Gasteiger partial charge on any atom is -0.376 e. The van der Waals surface area contributed by atoms with Crippen molar-refractivity contribution in [3.8, 4) is 6.07 Å². The summed E-state index contributed by atoms with van der Waals surface area (Å²) in [7, 11) is 1.75. The molecule has 4 heterocycles. The van der Waals surface area contributed by atoms with Crippen LogP contribution in [0.4, 0.5) is 44.7 Å². The fourth-order valence-corrected chi connectivity index (χ4v) is 8.85. The number of unbranched alkanes of at least 4 members (excludes halogenated alkanes) is 1. The number of carbonyl (C=O) groups is 4. The molecule has 0 spiro atoms. The van der Waals surface area contributed by atoms with E-state index in [0.717, 1.165) is 22.6 Å². The Balaban J connectivity index is 0.856. The topological polar surface area (TPSA) is 178 Å². The van der Waals surface area contributed by atoms with Crippen LogP contribution in [0.25, 0.3) is 0 Å². The largest absolute Gasteiger partial charge is 0.417 e. The summed E-state index contributed by atoms with van der Waals surface area (Å²) in [5, 5.41) is 22.1. The molecule has 0 unspecified atom stereocenters. The zero-order valence-corrected chi connectivity index (χ0v) is 35.6. The number of aryl methyl sites for hydroxylation is 1. The first-order valence-electron chi connectivity index (χ1n) is 20.2. The Kier molecular flexibility index (Phi) is 11.5. The van der Waals surface area contributed by atoms with Gasteiger partial charge in [-0.25, -0.2) is 13.8 Å². The number of carbonyl (C=O) groups excluding carboxylic acids is 4. The van der Waals surface area contributed by atoms with E-state index in [0.29, 0.717) is 47.4 Å². The van der Waals surface area contributed by atoms with Crippen LogP contribution in [-0.4, -0.2) is 67.7 Å². The average molecular weight is 909 g/mol. The third kappa shape index (κ3) is 8.18. The molecule has 14 nitrogen and oxygen atoms in total. The zero-order valence-electron chi connectivity index (χ0n) is 34.8. The minimum absolute atomic E-state index is 0.0748. The van der Waals surface area contributed by atoms with Crippen molar-refractivity contribution in [2.45, 2.75) is 56.8 Å². The van der Waals surface area contributed by atoms with Gasteiger partial charge in [0.25, 0.3) is 11.8 Å².